The molecule has 11 heavy (non-hydrogen) atoms. The van der Waals surface area contributed by atoms with E-state index in [1.54, 1.807) is 20.4 Å². The zero-order chi connectivity index (χ0) is 8.69. The fourth-order valence-corrected chi connectivity index (χ4v) is 0.542. The second kappa shape index (κ2) is 5.96. The summed E-state index contributed by atoms with van der Waals surface area (Å²) in [4.78, 5) is 0. The third kappa shape index (κ3) is 7.11. The van der Waals surface area contributed by atoms with Gasteiger partial charge in [-0.25, -0.2) is 5.84 Å². The van der Waals surface area contributed by atoms with Gasteiger partial charge < -0.3 is 20.2 Å². The van der Waals surface area contributed by atoms with E-state index in [1.807, 2.05) is 0 Å². The van der Waals surface area contributed by atoms with Crippen LogP contribution in [0, 0.1) is 0 Å². The highest BCUT2D eigenvalue weighted by Crippen LogP contribution is 1.86. The molecule has 0 spiro atoms. The smallest absolute Gasteiger partial charge is 0.146 e. The highest BCUT2D eigenvalue weighted by atomic mass is 16.7. The normalized spacial score (nSPS) is 11.7. The van der Waals surface area contributed by atoms with E-state index in [-0.39, 0.29) is 6.79 Å². The third-order valence-electron chi connectivity index (χ3n) is 0.839. The fraction of sp³-hybridized carbons (Fsp3) is 0.667. The number of hydrogen-bond acceptors (Lipinski definition) is 5. The second-order valence-electron chi connectivity index (χ2n) is 2.12. The second-order valence-corrected chi connectivity index (χ2v) is 2.12. The molecule has 0 saturated carbocycles. The van der Waals surface area contributed by atoms with Crippen LogP contribution in [0.3, 0.4) is 0 Å². The fourth-order valence-electron chi connectivity index (χ4n) is 0.542. The van der Waals surface area contributed by atoms with Crippen LogP contribution in [0.2, 0.25) is 0 Å². The highest BCUT2D eigenvalue weighted by molar-refractivity contribution is 4.93. The lowest BCUT2D eigenvalue weighted by Crippen LogP contribution is -2.22. The molecule has 0 aliphatic carbocycles. The van der Waals surface area contributed by atoms with Gasteiger partial charge in [0.15, 0.2) is 0 Å². The monoisotopic (exact) mass is 161 g/mol. The Morgan fingerprint density at radius 3 is 2.73 bits per heavy atom. The van der Waals surface area contributed by atoms with Gasteiger partial charge >= 0.3 is 0 Å². The van der Waals surface area contributed by atoms with Gasteiger partial charge in [0.25, 0.3) is 0 Å². The number of hydrogen-bond donors (Lipinski definition) is 2. The van der Waals surface area contributed by atoms with E-state index in [4.69, 9.17) is 16.3 Å². The molecule has 0 rings (SSSR count). The molecule has 0 aromatic heterocycles. The molecule has 4 N–H and O–H groups in total. The van der Waals surface area contributed by atoms with Crippen molar-refractivity contribution in [3.8, 4) is 0 Å². The van der Waals surface area contributed by atoms with Gasteiger partial charge in [0.2, 0.25) is 0 Å². The summed E-state index contributed by atoms with van der Waals surface area (Å²) in [6.45, 7) is 0.568. The number of nitrogens with zero attached hydrogens (tertiary/aromatic N) is 1. The molecule has 0 aromatic rings. The number of ether oxygens (including phenoxy) is 2. The molecule has 0 aromatic carbocycles. The van der Waals surface area contributed by atoms with Crippen molar-refractivity contribution < 1.29 is 9.47 Å². The van der Waals surface area contributed by atoms with E-state index in [0.29, 0.717) is 12.3 Å². The maximum atomic E-state index is 5.47. The van der Waals surface area contributed by atoms with E-state index < -0.39 is 0 Å². The van der Waals surface area contributed by atoms with Crippen molar-refractivity contribution >= 4 is 0 Å². The van der Waals surface area contributed by atoms with Crippen molar-refractivity contribution in [1.82, 2.24) is 5.01 Å². The molecule has 5 heteroatoms. The van der Waals surface area contributed by atoms with Crippen LogP contribution in [0.1, 0.15) is 0 Å². The maximum absolute atomic E-state index is 5.47. The molecule has 0 aliphatic rings. The van der Waals surface area contributed by atoms with Crippen LogP contribution in [-0.4, -0.2) is 32.6 Å². The van der Waals surface area contributed by atoms with E-state index in [9.17, 15) is 0 Å². The summed E-state index contributed by atoms with van der Waals surface area (Å²) in [5.41, 5.74) is 6.04. The van der Waals surface area contributed by atoms with Gasteiger partial charge in [-0.3, -0.25) is 0 Å². The van der Waals surface area contributed by atoms with E-state index in [1.165, 1.54) is 5.01 Å². The number of methoxy groups -OCH3 is 1. The zero-order valence-electron chi connectivity index (χ0n) is 6.91. The maximum Gasteiger partial charge on any atom is 0.146 e. The van der Waals surface area contributed by atoms with Crippen molar-refractivity contribution in [2.24, 2.45) is 11.6 Å². The minimum Gasteiger partial charge on any atom is -0.399 e. The summed E-state index contributed by atoms with van der Waals surface area (Å²) >= 11 is 0. The summed E-state index contributed by atoms with van der Waals surface area (Å²) < 4.78 is 9.60. The Morgan fingerprint density at radius 2 is 2.27 bits per heavy atom. The highest BCUT2D eigenvalue weighted by Gasteiger charge is 1.90. The van der Waals surface area contributed by atoms with Gasteiger partial charge in [-0.1, -0.05) is 0 Å². The first kappa shape index (κ1) is 10.2. The molecule has 5 nitrogen and oxygen atoms in total. The van der Waals surface area contributed by atoms with Crippen molar-refractivity contribution in [2.75, 3.05) is 27.6 Å². The first-order valence-electron chi connectivity index (χ1n) is 3.17. The average Bonchev–Trinajstić information content (AvgIpc) is 1.86. The molecular weight excluding hydrogens is 146 g/mol. The standard InChI is InChI=1S/C6H15N3O2/c1-9(8)3-6(7)4-11-5-10-2/h3H,4-5,7-8H2,1-2H3/b6-3-. The van der Waals surface area contributed by atoms with E-state index in [0.717, 1.165) is 0 Å². The Morgan fingerprint density at radius 1 is 1.64 bits per heavy atom. The van der Waals surface area contributed by atoms with Crippen LogP contribution in [0.4, 0.5) is 0 Å². The van der Waals surface area contributed by atoms with Crippen LogP contribution in [0.25, 0.3) is 0 Å². The first-order valence-corrected chi connectivity index (χ1v) is 3.17. The lowest BCUT2D eigenvalue weighted by Gasteiger charge is -2.07. The van der Waals surface area contributed by atoms with Gasteiger partial charge in [0.05, 0.1) is 12.3 Å². The van der Waals surface area contributed by atoms with Crippen LogP contribution in [-0.2, 0) is 9.47 Å². The summed E-state index contributed by atoms with van der Waals surface area (Å²) in [6.07, 6.45) is 1.58. The number of nitrogens with two attached hydrogens (primary N) is 2. The minimum absolute atomic E-state index is 0.239. The molecule has 0 radical (unpaired) electrons. The molecule has 0 heterocycles. The van der Waals surface area contributed by atoms with Crippen molar-refractivity contribution in [1.29, 1.82) is 0 Å². The van der Waals surface area contributed by atoms with Crippen LogP contribution in [0.15, 0.2) is 11.9 Å². The van der Waals surface area contributed by atoms with Gasteiger partial charge in [-0.2, -0.15) is 0 Å². The van der Waals surface area contributed by atoms with Crippen molar-refractivity contribution in [2.45, 2.75) is 0 Å². The SMILES string of the molecule is COCOC/C(N)=C/N(C)N. The van der Waals surface area contributed by atoms with Gasteiger partial charge in [-0.15, -0.1) is 0 Å². The van der Waals surface area contributed by atoms with Gasteiger partial charge in [0.1, 0.15) is 6.79 Å². The average molecular weight is 161 g/mol. The summed E-state index contributed by atoms with van der Waals surface area (Å²) in [6, 6.07) is 0. The van der Waals surface area contributed by atoms with Gasteiger partial charge in [-0.05, 0) is 0 Å². The lowest BCUT2D eigenvalue weighted by molar-refractivity contribution is -0.0216. The Kier molecular flexibility index (Phi) is 5.54. The minimum atomic E-state index is 0.239. The molecule has 0 bridgehead atoms. The third-order valence-corrected chi connectivity index (χ3v) is 0.839. The molecule has 0 unspecified atom stereocenters. The largest absolute Gasteiger partial charge is 0.399 e. The predicted octanol–water partition coefficient (Wildman–Crippen LogP) is -0.787. The molecule has 0 fully saturated rings. The Balaban J connectivity index is 3.43. The Hall–Kier alpha value is -0.780. The molecule has 0 atom stereocenters. The quantitative estimate of drug-likeness (QED) is 0.239. The number of hydrazine groups is 1. The summed E-state index contributed by atoms with van der Waals surface area (Å²) in [7, 11) is 3.23. The van der Waals surface area contributed by atoms with Crippen LogP contribution in [0.5, 0.6) is 0 Å². The van der Waals surface area contributed by atoms with Crippen molar-refractivity contribution in [3.05, 3.63) is 11.9 Å². The van der Waals surface area contributed by atoms with E-state index in [2.05, 4.69) is 4.74 Å². The lowest BCUT2D eigenvalue weighted by atomic mass is 10.5. The van der Waals surface area contributed by atoms with Crippen molar-refractivity contribution in [3.63, 3.8) is 0 Å². The summed E-state index contributed by atoms with van der Waals surface area (Å²) in [5, 5.41) is 1.37. The first-order chi connectivity index (χ1) is 5.16. The zero-order valence-corrected chi connectivity index (χ0v) is 6.91. The molecule has 0 saturated heterocycles. The summed E-state index contributed by atoms with van der Waals surface area (Å²) in [5.74, 6) is 5.29. The Labute approximate surface area is 66.5 Å². The molecule has 0 amide bonds. The van der Waals surface area contributed by atoms with Gasteiger partial charge in [0, 0.05) is 20.4 Å². The molecule has 0 aliphatic heterocycles. The molecular formula is C6H15N3O2. The van der Waals surface area contributed by atoms with Crippen LogP contribution < -0.4 is 11.6 Å². The Bertz CT molecular complexity index is 125. The molecule has 66 valence electrons. The van der Waals surface area contributed by atoms with Crippen LogP contribution >= 0.6 is 0 Å². The predicted molar refractivity (Wildman–Crippen MR) is 42.0 cm³/mol. The number of rotatable bonds is 5. The van der Waals surface area contributed by atoms with E-state index >= 15 is 0 Å². The topological polar surface area (TPSA) is 73.7 Å².